The van der Waals surface area contributed by atoms with Gasteiger partial charge in [0, 0.05) is 24.7 Å². The van der Waals surface area contributed by atoms with Crippen LogP contribution >= 0.6 is 11.3 Å². The van der Waals surface area contributed by atoms with Gasteiger partial charge in [0.2, 0.25) is 0 Å². The number of hydrogen-bond donors (Lipinski definition) is 0. The number of fused-ring (bicyclic) bond motifs is 3. The molecule has 0 bridgehead atoms. The fraction of sp³-hybridized carbons (Fsp3) is 0.471. The van der Waals surface area contributed by atoms with Gasteiger partial charge < -0.3 is 4.90 Å². The summed E-state index contributed by atoms with van der Waals surface area (Å²) >= 11 is 1.71. The van der Waals surface area contributed by atoms with Crippen LogP contribution in [0.15, 0.2) is 24.7 Å². The highest BCUT2D eigenvalue weighted by atomic mass is 32.1. The Labute approximate surface area is 135 Å². The highest BCUT2D eigenvalue weighted by molar-refractivity contribution is 7.25. The van der Waals surface area contributed by atoms with E-state index in [0.29, 0.717) is 0 Å². The first-order chi connectivity index (χ1) is 10.8. The molecule has 0 atom stereocenters. The van der Waals surface area contributed by atoms with Crippen LogP contribution in [-0.4, -0.2) is 28.0 Å². The van der Waals surface area contributed by atoms with Gasteiger partial charge >= 0.3 is 0 Å². The summed E-state index contributed by atoms with van der Waals surface area (Å²) < 4.78 is 1.17. The van der Waals surface area contributed by atoms with Crippen molar-refractivity contribution in [1.82, 2.24) is 15.0 Å². The summed E-state index contributed by atoms with van der Waals surface area (Å²) in [5, 5.41) is 1.14. The molecule has 116 valence electrons. The summed E-state index contributed by atoms with van der Waals surface area (Å²) in [6.45, 7) is 6.59. The number of hydrogen-bond acceptors (Lipinski definition) is 5. The van der Waals surface area contributed by atoms with Gasteiger partial charge in [0.1, 0.15) is 17.0 Å². The van der Waals surface area contributed by atoms with Crippen molar-refractivity contribution in [1.29, 1.82) is 0 Å². The van der Waals surface area contributed by atoms with E-state index in [-0.39, 0.29) is 0 Å². The molecule has 0 aliphatic rings. The van der Waals surface area contributed by atoms with E-state index in [2.05, 4.69) is 39.8 Å². The number of nitrogens with zero attached hydrogens (tertiary/aromatic N) is 4. The third kappa shape index (κ3) is 2.90. The Balaban J connectivity index is 2.07. The molecule has 5 heteroatoms. The lowest BCUT2D eigenvalue weighted by molar-refractivity contribution is 0.673. The summed E-state index contributed by atoms with van der Waals surface area (Å²) in [5.41, 5.74) is 1.04. The van der Waals surface area contributed by atoms with Crippen LogP contribution in [0.1, 0.15) is 39.5 Å². The second-order valence-electron chi connectivity index (χ2n) is 5.53. The molecule has 0 aliphatic heterocycles. The topological polar surface area (TPSA) is 41.9 Å². The van der Waals surface area contributed by atoms with Crippen molar-refractivity contribution >= 4 is 37.6 Å². The number of pyridine rings is 1. The maximum absolute atomic E-state index is 4.61. The van der Waals surface area contributed by atoms with Crippen molar-refractivity contribution in [3.63, 3.8) is 0 Å². The van der Waals surface area contributed by atoms with Crippen molar-refractivity contribution < 1.29 is 0 Å². The summed E-state index contributed by atoms with van der Waals surface area (Å²) in [4.78, 5) is 17.1. The molecule has 3 rings (SSSR count). The quantitative estimate of drug-likeness (QED) is 0.637. The Kier molecular flexibility index (Phi) is 4.83. The average Bonchev–Trinajstić information content (AvgIpc) is 2.94. The van der Waals surface area contributed by atoms with Gasteiger partial charge in [0.05, 0.1) is 10.2 Å². The molecule has 0 amide bonds. The van der Waals surface area contributed by atoms with Crippen LogP contribution in [0.25, 0.3) is 20.4 Å². The van der Waals surface area contributed by atoms with Gasteiger partial charge in [-0.1, -0.05) is 26.7 Å². The second-order valence-corrected chi connectivity index (χ2v) is 6.53. The van der Waals surface area contributed by atoms with Gasteiger partial charge in [-0.2, -0.15) is 0 Å². The molecule has 0 unspecified atom stereocenters. The van der Waals surface area contributed by atoms with Gasteiger partial charge in [-0.25, -0.2) is 15.0 Å². The molecular weight excluding hydrogens is 292 g/mol. The lowest BCUT2D eigenvalue weighted by Crippen LogP contribution is -2.26. The first-order valence-corrected chi connectivity index (χ1v) is 8.90. The number of rotatable bonds is 7. The van der Waals surface area contributed by atoms with E-state index in [1.807, 2.05) is 12.3 Å². The minimum absolute atomic E-state index is 1.04. The van der Waals surface area contributed by atoms with Gasteiger partial charge in [0.15, 0.2) is 0 Å². The first kappa shape index (κ1) is 15.2. The maximum atomic E-state index is 4.61. The van der Waals surface area contributed by atoms with Crippen LogP contribution in [0, 0.1) is 0 Å². The van der Waals surface area contributed by atoms with Gasteiger partial charge in [-0.15, -0.1) is 11.3 Å². The summed E-state index contributed by atoms with van der Waals surface area (Å²) in [5.74, 6) is 1.08. The molecule has 0 aromatic carbocycles. The summed E-state index contributed by atoms with van der Waals surface area (Å²) in [7, 11) is 0. The van der Waals surface area contributed by atoms with E-state index in [9.17, 15) is 0 Å². The van der Waals surface area contributed by atoms with Crippen molar-refractivity contribution in [2.24, 2.45) is 0 Å². The molecule has 3 aromatic heterocycles. The molecular formula is C17H22N4S. The molecule has 3 aromatic rings. The fourth-order valence-corrected chi connectivity index (χ4v) is 3.76. The molecule has 0 radical (unpaired) electrons. The van der Waals surface area contributed by atoms with E-state index in [4.69, 9.17) is 0 Å². The van der Waals surface area contributed by atoms with Crippen molar-refractivity contribution in [3.8, 4) is 0 Å². The van der Waals surface area contributed by atoms with Crippen molar-refractivity contribution in [2.45, 2.75) is 39.5 Å². The maximum Gasteiger partial charge on any atom is 0.150 e. The second kappa shape index (κ2) is 7.01. The first-order valence-electron chi connectivity index (χ1n) is 8.08. The Morgan fingerprint density at radius 1 is 1.05 bits per heavy atom. The standard InChI is InChI=1S/C17H22N4S/c1-3-5-10-21(11-6-4-2)16-15-14(19-12-20-16)13-8-7-9-18-17(13)22-15/h7-9,12H,3-6,10-11H2,1-2H3. The molecule has 4 nitrogen and oxygen atoms in total. The number of thiophene rings is 1. The molecule has 0 aliphatic carbocycles. The zero-order valence-electron chi connectivity index (χ0n) is 13.2. The molecule has 0 spiro atoms. The van der Waals surface area contributed by atoms with Crippen molar-refractivity contribution in [2.75, 3.05) is 18.0 Å². The zero-order valence-corrected chi connectivity index (χ0v) is 14.1. The lowest BCUT2D eigenvalue weighted by atomic mass is 10.2. The van der Waals surface area contributed by atoms with Gasteiger partial charge in [0.25, 0.3) is 0 Å². The predicted octanol–water partition coefficient (Wildman–Crippen LogP) is 4.65. The van der Waals surface area contributed by atoms with Crippen LogP contribution in [0.5, 0.6) is 0 Å². The van der Waals surface area contributed by atoms with Crippen LogP contribution in [0.2, 0.25) is 0 Å². The largest absolute Gasteiger partial charge is 0.355 e. The molecule has 0 N–H and O–H groups in total. The molecule has 3 heterocycles. The van der Waals surface area contributed by atoms with E-state index < -0.39 is 0 Å². The molecule has 0 fully saturated rings. The summed E-state index contributed by atoms with van der Waals surface area (Å²) in [6.07, 6.45) is 8.32. The lowest BCUT2D eigenvalue weighted by Gasteiger charge is -2.23. The van der Waals surface area contributed by atoms with E-state index in [0.717, 1.165) is 34.6 Å². The van der Waals surface area contributed by atoms with Crippen LogP contribution in [0.4, 0.5) is 5.82 Å². The van der Waals surface area contributed by atoms with Crippen LogP contribution in [-0.2, 0) is 0 Å². The smallest absolute Gasteiger partial charge is 0.150 e. The predicted molar refractivity (Wildman–Crippen MR) is 94.7 cm³/mol. The Hall–Kier alpha value is -1.75. The Morgan fingerprint density at radius 2 is 1.82 bits per heavy atom. The Bertz CT molecular complexity index is 745. The third-order valence-electron chi connectivity index (χ3n) is 3.87. The Morgan fingerprint density at radius 3 is 2.55 bits per heavy atom. The van der Waals surface area contributed by atoms with Gasteiger partial charge in [-0.05, 0) is 25.0 Å². The fourth-order valence-electron chi connectivity index (χ4n) is 2.65. The number of aromatic nitrogens is 3. The summed E-state index contributed by atoms with van der Waals surface area (Å²) in [6, 6.07) is 4.07. The number of unbranched alkanes of at least 4 members (excludes halogenated alkanes) is 2. The minimum atomic E-state index is 1.04. The van der Waals surface area contributed by atoms with Crippen molar-refractivity contribution in [3.05, 3.63) is 24.7 Å². The highest BCUT2D eigenvalue weighted by Gasteiger charge is 2.16. The SMILES string of the molecule is CCCCN(CCCC)c1ncnc2c1sc1ncccc12. The monoisotopic (exact) mass is 314 g/mol. The van der Waals surface area contributed by atoms with E-state index in [1.54, 1.807) is 17.7 Å². The highest BCUT2D eigenvalue weighted by Crippen LogP contribution is 2.36. The number of anilines is 1. The molecule has 22 heavy (non-hydrogen) atoms. The van der Waals surface area contributed by atoms with Gasteiger partial charge in [-0.3, -0.25) is 0 Å². The normalized spacial score (nSPS) is 11.4. The average molecular weight is 314 g/mol. The van der Waals surface area contributed by atoms with E-state index >= 15 is 0 Å². The molecule has 0 saturated carbocycles. The molecule has 0 saturated heterocycles. The third-order valence-corrected chi connectivity index (χ3v) is 4.97. The van der Waals surface area contributed by atoms with Crippen LogP contribution < -0.4 is 4.90 Å². The zero-order chi connectivity index (χ0) is 15.4. The van der Waals surface area contributed by atoms with Crippen LogP contribution in [0.3, 0.4) is 0 Å². The minimum Gasteiger partial charge on any atom is -0.355 e. The van der Waals surface area contributed by atoms with E-state index in [1.165, 1.54) is 30.4 Å².